The fourth-order valence-corrected chi connectivity index (χ4v) is 9.10. The minimum absolute atomic E-state index is 0.533. The highest BCUT2D eigenvalue weighted by atomic mass is 35.5. The lowest BCUT2D eigenvalue weighted by molar-refractivity contribution is 0.158. The van der Waals surface area contributed by atoms with Crippen LogP contribution in [0.25, 0.3) is 60.5 Å². The quantitative estimate of drug-likeness (QED) is 0.161. The van der Waals surface area contributed by atoms with Crippen molar-refractivity contribution in [3.63, 3.8) is 0 Å². The Bertz CT molecular complexity index is 3140. The summed E-state index contributed by atoms with van der Waals surface area (Å²) in [4.78, 5) is 9.85. The second kappa shape index (κ2) is 14.8. The lowest BCUT2D eigenvalue weighted by Gasteiger charge is -2.36. The van der Waals surface area contributed by atoms with Gasteiger partial charge in [-0.1, -0.05) is 194 Å². The molecule has 8 aromatic carbocycles. The summed E-state index contributed by atoms with van der Waals surface area (Å²) in [7, 11) is 0. The van der Waals surface area contributed by atoms with Crippen LogP contribution >= 0.6 is 11.6 Å². The van der Waals surface area contributed by atoms with Crippen LogP contribution < -0.4 is 0 Å². The molecule has 60 heavy (non-hydrogen) atoms. The van der Waals surface area contributed by atoms with Crippen LogP contribution in [0, 0.1) is 0 Å². The Labute approximate surface area is 354 Å². The van der Waals surface area contributed by atoms with Gasteiger partial charge < -0.3 is 4.74 Å². The zero-order valence-electron chi connectivity index (χ0n) is 32.5. The molecule has 2 atom stereocenters. The van der Waals surface area contributed by atoms with E-state index < -0.39 is 11.6 Å². The molecule has 3 nitrogen and oxygen atoms in total. The van der Waals surface area contributed by atoms with Crippen LogP contribution in [0.2, 0.25) is 5.02 Å². The normalized spacial score (nSPS) is 17.1. The van der Waals surface area contributed by atoms with Crippen molar-refractivity contribution in [2.45, 2.75) is 11.6 Å². The Balaban J connectivity index is 1.10. The van der Waals surface area contributed by atoms with Gasteiger partial charge >= 0.3 is 0 Å². The van der Waals surface area contributed by atoms with E-state index in [0.29, 0.717) is 5.02 Å². The number of nitrogens with zero attached hydrogens (tertiary/aromatic N) is 2. The van der Waals surface area contributed by atoms with Gasteiger partial charge in [0, 0.05) is 23.0 Å². The number of rotatable bonds is 7. The second-order valence-corrected chi connectivity index (χ2v) is 15.9. The lowest BCUT2D eigenvalue weighted by Crippen LogP contribution is -2.37. The number of fused-ring (bicyclic) bond motifs is 3. The molecule has 2 aliphatic rings. The van der Waals surface area contributed by atoms with Crippen molar-refractivity contribution in [1.82, 2.24) is 4.98 Å². The molecule has 2 unspecified atom stereocenters. The predicted molar refractivity (Wildman–Crippen MR) is 248 cm³/mol. The summed E-state index contributed by atoms with van der Waals surface area (Å²) in [5, 5.41) is 5.58. The monoisotopic (exact) mass is 788 g/mol. The average Bonchev–Trinajstić information content (AvgIpc) is 3.76. The summed E-state index contributed by atoms with van der Waals surface area (Å²) in [6, 6.07) is 68.8. The van der Waals surface area contributed by atoms with Crippen LogP contribution in [0.4, 0.5) is 0 Å². The number of halogens is 1. The maximum absolute atomic E-state index is 6.88. The molecular weight excluding hydrogens is 752 g/mol. The second-order valence-electron chi connectivity index (χ2n) is 15.4. The van der Waals surface area contributed by atoms with Gasteiger partial charge in [0.2, 0.25) is 6.23 Å². The predicted octanol–water partition coefficient (Wildman–Crippen LogP) is 14.5. The highest BCUT2D eigenvalue weighted by Crippen LogP contribution is 2.49. The van der Waals surface area contributed by atoms with Gasteiger partial charge in [-0.25, -0.2) is 4.99 Å². The summed E-state index contributed by atoms with van der Waals surface area (Å²) < 4.78 is 6.88. The highest BCUT2D eigenvalue weighted by Gasteiger charge is 2.46. The molecule has 0 saturated carbocycles. The van der Waals surface area contributed by atoms with E-state index in [2.05, 4.69) is 181 Å². The third kappa shape index (κ3) is 6.23. The third-order valence-electron chi connectivity index (χ3n) is 12.0. The van der Waals surface area contributed by atoms with Gasteiger partial charge in [-0.05, 0) is 101 Å². The minimum Gasteiger partial charge on any atom is -0.463 e. The first kappa shape index (κ1) is 35.8. The topological polar surface area (TPSA) is 34.5 Å². The Morgan fingerprint density at radius 3 is 1.63 bits per heavy atom. The summed E-state index contributed by atoms with van der Waals surface area (Å²) in [6.07, 6.45) is 7.73. The van der Waals surface area contributed by atoms with E-state index in [0.717, 1.165) is 56.0 Å². The van der Waals surface area contributed by atoms with Crippen molar-refractivity contribution in [3.8, 4) is 33.4 Å². The summed E-state index contributed by atoms with van der Waals surface area (Å²) >= 11 is 6.36. The maximum Gasteiger partial charge on any atom is 0.216 e. The third-order valence-corrected chi connectivity index (χ3v) is 12.3. The molecule has 0 amide bonds. The Hall–Kier alpha value is -7.33. The van der Waals surface area contributed by atoms with Gasteiger partial charge in [0.1, 0.15) is 11.5 Å². The van der Waals surface area contributed by atoms with Crippen LogP contribution in [0.3, 0.4) is 0 Å². The van der Waals surface area contributed by atoms with E-state index >= 15 is 0 Å². The van der Waals surface area contributed by atoms with Crippen LogP contribution in [0.5, 0.6) is 0 Å². The Kier molecular flexibility index (Phi) is 8.83. The first-order valence-corrected chi connectivity index (χ1v) is 20.6. The molecule has 0 spiro atoms. The number of aromatic nitrogens is 1. The molecule has 0 fully saturated rings. The molecule has 0 N–H and O–H groups in total. The SMILES string of the molecule is Clc1ccc(C2N=C3C(=CC(c4ccc(-c5cccc6ccccc56)cc4)=CC3(c3ccc(-c4cccnc4)cc3)c3ccc(-c4cccc5ccccc45)cc3)O2)cc1. The van der Waals surface area contributed by atoms with Gasteiger partial charge in [0.15, 0.2) is 0 Å². The van der Waals surface area contributed by atoms with Crippen molar-refractivity contribution in [2.75, 3.05) is 0 Å². The molecule has 0 saturated heterocycles. The zero-order valence-corrected chi connectivity index (χ0v) is 33.3. The number of allylic oxidation sites excluding steroid dienone is 4. The first-order chi connectivity index (χ1) is 29.6. The molecule has 1 aliphatic heterocycles. The van der Waals surface area contributed by atoms with E-state index in [1.54, 1.807) is 6.20 Å². The molecule has 1 aromatic heterocycles. The number of hydrogen-bond acceptors (Lipinski definition) is 3. The minimum atomic E-state index is -0.806. The van der Waals surface area contributed by atoms with Gasteiger partial charge in [-0.2, -0.15) is 0 Å². The van der Waals surface area contributed by atoms with Gasteiger partial charge in [-0.3, -0.25) is 4.98 Å². The van der Waals surface area contributed by atoms with Crippen LogP contribution in [-0.4, -0.2) is 10.7 Å². The number of hydrogen-bond donors (Lipinski definition) is 0. The molecule has 9 aromatic rings. The van der Waals surface area contributed by atoms with Crippen LogP contribution in [0.1, 0.15) is 28.5 Å². The van der Waals surface area contributed by atoms with Crippen LogP contribution in [-0.2, 0) is 10.2 Å². The molecule has 2 heterocycles. The van der Waals surface area contributed by atoms with E-state index in [1.165, 1.54) is 38.2 Å². The average molecular weight is 789 g/mol. The van der Waals surface area contributed by atoms with E-state index in [9.17, 15) is 0 Å². The van der Waals surface area contributed by atoms with Crippen molar-refractivity contribution in [2.24, 2.45) is 4.99 Å². The van der Waals surface area contributed by atoms with Gasteiger partial charge in [0.05, 0.1) is 5.41 Å². The van der Waals surface area contributed by atoms with Crippen molar-refractivity contribution in [1.29, 1.82) is 0 Å². The molecule has 1 aliphatic carbocycles. The van der Waals surface area contributed by atoms with Gasteiger partial charge in [0.25, 0.3) is 0 Å². The smallest absolute Gasteiger partial charge is 0.216 e. The van der Waals surface area contributed by atoms with Crippen molar-refractivity contribution >= 4 is 44.4 Å². The Morgan fingerprint density at radius 1 is 0.483 bits per heavy atom. The van der Waals surface area contributed by atoms with Gasteiger partial charge in [-0.15, -0.1) is 0 Å². The maximum atomic E-state index is 6.88. The molecule has 284 valence electrons. The summed E-state index contributed by atoms with van der Waals surface area (Å²) in [5.41, 5.74) is 12.2. The van der Waals surface area contributed by atoms with E-state index in [1.807, 2.05) is 36.5 Å². The largest absolute Gasteiger partial charge is 0.463 e. The van der Waals surface area contributed by atoms with Crippen molar-refractivity contribution < 1.29 is 4.74 Å². The fourth-order valence-electron chi connectivity index (χ4n) is 8.98. The van der Waals surface area contributed by atoms with E-state index in [4.69, 9.17) is 21.3 Å². The highest BCUT2D eigenvalue weighted by molar-refractivity contribution is 6.30. The van der Waals surface area contributed by atoms with E-state index in [-0.39, 0.29) is 0 Å². The molecule has 11 rings (SSSR count). The van der Waals surface area contributed by atoms with Crippen LogP contribution in [0.15, 0.2) is 229 Å². The number of benzene rings is 8. The zero-order chi connectivity index (χ0) is 40.0. The van der Waals surface area contributed by atoms with Crippen molar-refractivity contribution in [3.05, 3.63) is 252 Å². The molecule has 4 heteroatoms. The number of ether oxygens (including phenoxy) is 1. The summed E-state index contributed by atoms with van der Waals surface area (Å²) in [6.45, 7) is 0. The standard InChI is InChI=1S/C56H37ClN2O/c57-48-31-25-43(26-32-48)55-59-54-53(60-55)34-45(38-17-19-41(20-18-38)51-15-5-10-39-8-1-3-13-49(39)51)35-56(54,46-27-21-37(22-28-46)44-12-7-33-58-36-44)47-29-23-42(24-30-47)52-16-6-11-40-9-2-4-14-50(40)52/h1-36,55H. The first-order valence-electron chi connectivity index (χ1n) is 20.2. The molecule has 0 bridgehead atoms. The fraction of sp³-hybridized carbons (Fsp3) is 0.0357. The molecule has 0 radical (unpaired) electrons. The summed E-state index contributed by atoms with van der Waals surface area (Å²) in [5.74, 6) is 0.750. The molecular formula is C56H37ClN2O. The lowest BCUT2D eigenvalue weighted by atomic mass is 9.66. The number of aliphatic imine (C=N–C) groups is 1. The number of pyridine rings is 1. The Morgan fingerprint density at radius 2 is 1.03 bits per heavy atom.